The summed E-state index contributed by atoms with van der Waals surface area (Å²) >= 11 is 3.46. The number of aliphatic hydroxyl groups excluding tert-OH is 1. The maximum atomic E-state index is 9.61. The van der Waals surface area contributed by atoms with Gasteiger partial charge >= 0.3 is 0 Å². The average Bonchev–Trinajstić information content (AvgIpc) is 2.39. The number of rotatable bonds is 4. The van der Waals surface area contributed by atoms with Crippen molar-refractivity contribution in [1.82, 2.24) is 5.32 Å². The molecule has 0 spiro atoms. The van der Waals surface area contributed by atoms with E-state index in [-0.39, 0.29) is 12.1 Å². The van der Waals surface area contributed by atoms with Crippen LogP contribution in [0.4, 0.5) is 5.69 Å². The number of nitrogens with two attached hydrogens (primary N) is 1. The quantitative estimate of drug-likeness (QED) is 0.733. The maximum Gasteiger partial charge on any atom is 0.0541 e. The second kappa shape index (κ2) is 6.92. The molecular weight excluding hydrogens is 316 g/mol. The normalized spacial score (nSPS) is 24.9. The molecule has 0 heterocycles. The predicted molar refractivity (Wildman–Crippen MR) is 87.5 cm³/mol. The fourth-order valence-electron chi connectivity index (χ4n) is 2.97. The Hall–Kier alpha value is -0.580. The molecule has 20 heavy (non-hydrogen) atoms. The Morgan fingerprint density at radius 3 is 2.45 bits per heavy atom. The number of nitrogen functional groups attached to an aromatic ring is 1. The van der Waals surface area contributed by atoms with Gasteiger partial charge in [-0.05, 0) is 49.3 Å². The summed E-state index contributed by atoms with van der Waals surface area (Å²) in [4.78, 5) is 0. The first-order valence-corrected chi connectivity index (χ1v) is 8.25. The number of hydrogen-bond acceptors (Lipinski definition) is 3. The molecule has 0 saturated heterocycles. The Bertz CT molecular complexity index is 442. The first kappa shape index (κ1) is 15.8. The van der Waals surface area contributed by atoms with Crippen molar-refractivity contribution in [1.29, 1.82) is 0 Å². The molecule has 112 valence electrons. The van der Waals surface area contributed by atoms with Gasteiger partial charge in [0.1, 0.15) is 0 Å². The van der Waals surface area contributed by atoms with Crippen molar-refractivity contribution in [3.63, 3.8) is 0 Å². The van der Waals surface area contributed by atoms with Crippen molar-refractivity contribution in [2.24, 2.45) is 5.92 Å². The summed E-state index contributed by atoms with van der Waals surface area (Å²) in [6.45, 7) is 4.44. The molecular formula is C16H25BrN2O. The molecule has 4 heteroatoms. The van der Waals surface area contributed by atoms with Gasteiger partial charge in [0.15, 0.2) is 0 Å². The van der Waals surface area contributed by atoms with Crippen LogP contribution in [0.25, 0.3) is 0 Å². The molecule has 0 aliphatic heterocycles. The maximum absolute atomic E-state index is 9.61. The van der Waals surface area contributed by atoms with Crippen LogP contribution >= 0.6 is 15.9 Å². The summed E-state index contributed by atoms with van der Waals surface area (Å²) < 4.78 is 1.02. The van der Waals surface area contributed by atoms with Gasteiger partial charge in [0.05, 0.1) is 6.10 Å². The first-order chi connectivity index (χ1) is 9.47. The van der Waals surface area contributed by atoms with E-state index < -0.39 is 0 Å². The Kier molecular flexibility index (Phi) is 5.47. The summed E-state index contributed by atoms with van der Waals surface area (Å²) in [6, 6.07) is 6.87. The minimum atomic E-state index is -0.108. The monoisotopic (exact) mass is 340 g/mol. The number of anilines is 1. The van der Waals surface area contributed by atoms with E-state index in [1.54, 1.807) is 0 Å². The van der Waals surface area contributed by atoms with Crippen LogP contribution in [0, 0.1) is 5.92 Å². The molecule has 1 unspecified atom stereocenters. The van der Waals surface area contributed by atoms with Crippen LogP contribution in [0.15, 0.2) is 22.7 Å². The summed E-state index contributed by atoms with van der Waals surface area (Å²) in [5, 5.41) is 13.4. The molecule has 1 aliphatic carbocycles. The minimum absolute atomic E-state index is 0.108. The average molecular weight is 341 g/mol. The van der Waals surface area contributed by atoms with E-state index in [0.717, 1.165) is 35.8 Å². The van der Waals surface area contributed by atoms with Crippen molar-refractivity contribution >= 4 is 21.6 Å². The van der Waals surface area contributed by atoms with E-state index in [9.17, 15) is 5.11 Å². The predicted octanol–water partition coefficient (Wildman–Crippen LogP) is 3.62. The molecule has 1 atom stereocenters. The summed E-state index contributed by atoms with van der Waals surface area (Å²) in [7, 11) is 0. The van der Waals surface area contributed by atoms with Gasteiger partial charge < -0.3 is 16.2 Å². The second-order valence-electron chi connectivity index (χ2n) is 6.17. The number of hydrogen-bond donors (Lipinski definition) is 3. The fraction of sp³-hybridized carbons (Fsp3) is 0.625. The third kappa shape index (κ3) is 3.96. The van der Waals surface area contributed by atoms with Gasteiger partial charge in [0.2, 0.25) is 0 Å². The fourth-order valence-corrected chi connectivity index (χ4v) is 3.35. The lowest BCUT2D eigenvalue weighted by Gasteiger charge is -2.33. The third-order valence-corrected chi connectivity index (χ3v) is 4.66. The van der Waals surface area contributed by atoms with Crippen LogP contribution in [0.3, 0.4) is 0 Å². The molecule has 1 fully saturated rings. The molecule has 1 aromatic rings. The minimum Gasteiger partial charge on any atom is -0.398 e. The number of aliphatic hydroxyl groups is 1. The molecule has 0 aromatic heterocycles. The lowest BCUT2D eigenvalue weighted by atomic mass is 9.89. The zero-order valence-corrected chi connectivity index (χ0v) is 13.9. The molecule has 4 N–H and O–H groups in total. The molecule has 0 amide bonds. The van der Waals surface area contributed by atoms with E-state index in [1.807, 2.05) is 12.1 Å². The number of nitrogens with one attached hydrogen (secondary N) is 1. The largest absolute Gasteiger partial charge is 0.398 e. The van der Waals surface area contributed by atoms with Crippen molar-refractivity contribution in [3.8, 4) is 0 Å². The smallest absolute Gasteiger partial charge is 0.0541 e. The topological polar surface area (TPSA) is 58.3 Å². The van der Waals surface area contributed by atoms with Gasteiger partial charge in [0, 0.05) is 22.2 Å². The van der Waals surface area contributed by atoms with E-state index >= 15 is 0 Å². The molecule has 0 bridgehead atoms. The Morgan fingerprint density at radius 2 is 1.90 bits per heavy atom. The van der Waals surface area contributed by atoms with E-state index in [0.29, 0.717) is 12.0 Å². The third-order valence-electron chi connectivity index (χ3n) is 4.16. The van der Waals surface area contributed by atoms with Crippen molar-refractivity contribution < 1.29 is 5.11 Å². The van der Waals surface area contributed by atoms with Crippen molar-refractivity contribution in [3.05, 3.63) is 28.2 Å². The lowest BCUT2D eigenvalue weighted by molar-refractivity contribution is 0.112. The molecule has 1 aromatic carbocycles. The van der Waals surface area contributed by atoms with Gasteiger partial charge in [-0.25, -0.2) is 0 Å². The summed E-state index contributed by atoms with van der Waals surface area (Å²) in [5.41, 5.74) is 8.19. The van der Waals surface area contributed by atoms with Crippen LogP contribution in [-0.4, -0.2) is 17.3 Å². The summed E-state index contributed by atoms with van der Waals surface area (Å²) in [5.74, 6) is 0.477. The number of benzene rings is 1. The number of halogens is 1. The highest BCUT2D eigenvalue weighted by atomic mass is 79.9. The Labute approximate surface area is 130 Å². The van der Waals surface area contributed by atoms with Crippen LogP contribution < -0.4 is 11.1 Å². The zero-order chi connectivity index (χ0) is 14.7. The summed E-state index contributed by atoms with van der Waals surface area (Å²) in [6.07, 6.45) is 3.78. The molecule has 1 saturated carbocycles. The Morgan fingerprint density at radius 1 is 1.25 bits per heavy atom. The second-order valence-corrected chi connectivity index (χ2v) is 7.08. The van der Waals surface area contributed by atoms with E-state index in [1.165, 1.54) is 5.56 Å². The van der Waals surface area contributed by atoms with Crippen LogP contribution in [0.2, 0.25) is 0 Å². The highest BCUT2D eigenvalue weighted by Gasteiger charge is 2.25. The van der Waals surface area contributed by atoms with Crippen molar-refractivity contribution in [2.45, 2.75) is 57.7 Å². The highest BCUT2D eigenvalue weighted by Crippen LogP contribution is 2.31. The SMILES string of the molecule is CC(C)C(NC1CCC(O)CC1)c1ccc(Br)cc1N. The van der Waals surface area contributed by atoms with Crippen LogP contribution in [0.1, 0.15) is 51.1 Å². The Balaban J connectivity index is 2.11. The lowest BCUT2D eigenvalue weighted by Crippen LogP contribution is -2.39. The van der Waals surface area contributed by atoms with Gasteiger partial charge in [-0.1, -0.05) is 35.8 Å². The van der Waals surface area contributed by atoms with Gasteiger partial charge in [-0.15, -0.1) is 0 Å². The van der Waals surface area contributed by atoms with Gasteiger partial charge in [0.25, 0.3) is 0 Å². The van der Waals surface area contributed by atoms with E-state index in [4.69, 9.17) is 5.73 Å². The molecule has 1 aliphatic rings. The van der Waals surface area contributed by atoms with Crippen LogP contribution in [0.5, 0.6) is 0 Å². The van der Waals surface area contributed by atoms with Gasteiger partial charge in [-0.2, -0.15) is 0 Å². The standard InChI is InChI=1S/C16H25BrN2O/c1-10(2)16(14-8-3-11(17)9-15(14)18)19-12-4-6-13(20)7-5-12/h3,8-10,12-13,16,19-20H,4-7,18H2,1-2H3. The zero-order valence-electron chi connectivity index (χ0n) is 12.3. The van der Waals surface area contributed by atoms with E-state index in [2.05, 4.69) is 41.2 Å². The highest BCUT2D eigenvalue weighted by molar-refractivity contribution is 9.10. The molecule has 3 nitrogen and oxygen atoms in total. The van der Waals surface area contributed by atoms with Gasteiger partial charge in [-0.3, -0.25) is 0 Å². The van der Waals surface area contributed by atoms with Crippen LogP contribution in [-0.2, 0) is 0 Å². The molecule has 2 rings (SSSR count). The molecule has 0 radical (unpaired) electrons. The van der Waals surface area contributed by atoms with Crippen molar-refractivity contribution in [2.75, 3.05) is 5.73 Å². The first-order valence-electron chi connectivity index (χ1n) is 7.46.